The zero-order chi connectivity index (χ0) is 12.8. The second kappa shape index (κ2) is 6.18. The Kier molecular flexibility index (Phi) is 5.92. The summed E-state index contributed by atoms with van der Waals surface area (Å²) in [6.07, 6.45) is 1.16. The Morgan fingerprint density at radius 2 is 2.00 bits per heavy atom. The van der Waals surface area contributed by atoms with Crippen LogP contribution in [0.2, 0.25) is 0 Å². The van der Waals surface area contributed by atoms with Crippen LogP contribution in [0.5, 0.6) is 0 Å². The van der Waals surface area contributed by atoms with Crippen LogP contribution >= 0.6 is 0 Å². The highest BCUT2D eigenvalue weighted by atomic mass is 16.5. The van der Waals surface area contributed by atoms with E-state index in [2.05, 4.69) is 5.32 Å². The van der Waals surface area contributed by atoms with Gasteiger partial charge in [-0.3, -0.25) is 4.79 Å². The first kappa shape index (κ1) is 15.3. The predicted octanol–water partition coefficient (Wildman–Crippen LogP) is 0.583. The third-order valence-corrected chi connectivity index (χ3v) is 2.70. The molecule has 0 aliphatic rings. The summed E-state index contributed by atoms with van der Waals surface area (Å²) >= 11 is 0. The van der Waals surface area contributed by atoms with Crippen molar-refractivity contribution < 1.29 is 14.6 Å². The van der Waals surface area contributed by atoms with Crippen LogP contribution in [0.4, 0.5) is 0 Å². The highest BCUT2D eigenvalue weighted by Gasteiger charge is 2.38. The summed E-state index contributed by atoms with van der Waals surface area (Å²) in [7, 11) is 1.59. The Bertz CT molecular complexity index is 231. The predicted molar refractivity (Wildman–Crippen MR) is 63.4 cm³/mol. The van der Waals surface area contributed by atoms with Crippen molar-refractivity contribution in [2.75, 3.05) is 20.2 Å². The number of nitrogens with one attached hydrogen (secondary N) is 1. The molecule has 0 saturated heterocycles. The van der Waals surface area contributed by atoms with Gasteiger partial charge in [0.15, 0.2) is 0 Å². The quantitative estimate of drug-likeness (QED) is 0.533. The van der Waals surface area contributed by atoms with Gasteiger partial charge >= 0.3 is 5.97 Å². The minimum atomic E-state index is -0.978. The summed E-state index contributed by atoms with van der Waals surface area (Å²) in [4.78, 5) is 11.3. The second-order valence-corrected chi connectivity index (χ2v) is 4.85. The average molecular weight is 232 g/mol. The molecule has 0 fully saturated rings. The molecule has 16 heavy (non-hydrogen) atoms. The van der Waals surface area contributed by atoms with Gasteiger partial charge in [0.25, 0.3) is 0 Å². The van der Waals surface area contributed by atoms with Crippen molar-refractivity contribution in [1.82, 2.24) is 5.32 Å². The number of rotatable bonds is 8. The molecular weight excluding hydrogens is 208 g/mol. The van der Waals surface area contributed by atoms with Gasteiger partial charge in [-0.05, 0) is 40.3 Å². The van der Waals surface area contributed by atoms with Gasteiger partial charge in [-0.1, -0.05) is 0 Å². The van der Waals surface area contributed by atoms with Crippen LogP contribution in [0.1, 0.15) is 33.6 Å². The van der Waals surface area contributed by atoms with Crippen molar-refractivity contribution in [3.63, 3.8) is 0 Å². The number of ether oxygens (including phenoxy) is 1. The topological polar surface area (TPSA) is 84.6 Å². The van der Waals surface area contributed by atoms with Gasteiger partial charge in [-0.15, -0.1) is 0 Å². The van der Waals surface area contributed by atoms with E-state index in [1.807, 2.05) is 13.8 Å². The Labute approximate surface area is 97.3 Å². The monoisotopic (exact) mass is 232 g/mol. The van der Waals surface area contributed by atoms with Crippen LogP contribution in [0.15, 0.2) is 0 Å². The Morgan fingerprint density at radius 3 is 2.38 bits per heavy atom. The van der Waals surface area contributed by atoms with E-state index in [-0.39, 0.29) is 0 Å². The van der Waals surface area contributed by atoms with Crippen molar-refractivity contribution in [3.8, 4) is 0 Å². The lowest BCUT2D eigenvalue weighted by Crippen LogP contribution is -2.54. The molecular formula is C11H24N2O3. The lowest BCUT2D eigenvalue weighted by atomic mass is 9.87. The Morgan fingerprint density at radius 1 is 1.44 bits per heavy atom. The molecule has 5 heteroatoms. The molecule has 0 bridgehead atoms. The molecule has 96 valence electrons. The lowest BCUT2D eigenvalue weighted by molar-refractivity contribution is -0.147. The Balaban J connectivity index is 4.51. The van der Waals surface area contributed by atoms with Crippen LogP contribution in [0, 0.1) is 0 Å². The smallest absolute Gasteiger partial charge is 0.323 e. The fourth-order valence-corrected chi connectivity index (χ4v) is 1.60. The van der Waals surface area contributed by atoms with Gasteiger partial charge in [-0.2, -0.15) is 0 Å². The first-order valence-electron chi connectivity index (χ1n) is 5.51. The fourth-order valence-electron chi connectivity index (χ4n) is 1.60. The fraction of sp³-hybridized carbons (Fsp3) is 0.909. The molecule has 1 unspecified atom stereocenters. The third kappa shape index (κ3) is 4.92. The van der Waals surface area contributed by atoms with Gasteiger partial charge < -0.3 is 20.9 Å². The van der Waals surface area contributed by atoms with Crippen LogP contribution in [-0.4, -0.2) is 42.4 Å². The van der Waals surface area contributed by atoms with Crippen LogP contribution in [0.3, 0.4) is 0 Å². The molecule has 0 heterocycles. The highest BCUT2D eigenvalue weighted by molar-refractivity contribution is 5.78. The zero-order valence-corrected chi connectivity index (χ0v) is 10.7. The van der Waals surface area contributed by atoms with Crippen molar-refractivity contribution in [1.29, 1.82) is 0 Å². The second-order valence-electron chi connectivity index (χ2n) is 4.85. The molecule has 0 aromatic heterocycles. The molecule has 5 nitrogen and oxygen atoms in total. The Hall–Kier alpha value is -0.650. The molecule has 0 rings (SSSR count). The molecule has 1 atom stereocenters. The summed E-state index contributed by atoms with van der Waals surface area (Å²) in [5, 5.41) is 12.3. The summed E-state index contributed by atoms with van der Waals surface area (Å²) in [6.45, 7) is 6.57. The van der Waals surface area contributed by atoms with E-state index in [9.17, 15) is 9.90 Å². The maximum Gasteiger partial charge on any atom is 0.323 e. The SMILES string of the molecule is COC(C)(C)CC(C)(NCCCN)C(=O)O. The normalized spacial score (nSPS) is 15.8. The van der Waals surface area contributed by atoms with Gasteiger partial charge in [-0.25, -0.2) is 0 Å². The first-order valence-corrected chi connectivity index (χ1v) is 5.51. The lowest BCUT2D eigenvalue weighted by Gasteiger charge is -2.34. The molecule has 0 aromatic carbocycles. The van der Waals surface area contributed by atoms with Crippen molar-refractivity contribution in [2.45, 2.75) is 44.8 Å². The molecule has 0 saturated carbocycles. The molecule has 0 aliphatic carbocycles. The molecule has 0 aromatic rings. The number of nitrogens with two attached hydrogens (primary N) is 1. The van der Waals surface area contributed by atoms with Crippen LogP contribution in [-0.2, 0) is 9.53 Å². The maximum atomic E-state index is 11.3. The summed E-state index contributed by atoms with van der Waals surface area (Å²) < 4.78 is 5.26. The largest absolute Gasteiger partial charge is 0.480 e. The summed E-state index contributed by atoms with van der Waals surface area (Å²) in [5.41, 5.74) is 3.93. The highest BCUT2D eigenvalue weighted by Crippen LogP contribution is 2.23. The van der Waals surface area contributed by atoms with E-state index in [1.54, 1.807) is 14.0 Å². The first-order chi connectivity index (χ1) is 7.27. The van der Waals surface area contributed by atoms with Crippen molar-refractivity contribution >= 4 is 5.97 Å². The van der Waals surface area contributed by atoms with Gasteiger partial charge in [0.05, 0.1) is 5.60 Å². The minimum absolute atomic E-state index is 0.399. The maximum absolute atomic E-state index is 11.3. The zero-order valence-electron chi connectivity index (χ0n) is 10.7. The number of methoxy groups -OCH3 is 1. The summed E-state index contributed by atoms with van der Waals surface area (Å²) in [6, 6.07) is 0. The molecule has 0 amide bonds. The number of carboxylic acid groups (broad SMARTS) is 1. The number of hydrogen-bond donors (Lipinski definition) is 3. The van der Waals surface area contributed by atoms with Crippen LogP contribution < -0.4 is 11.1 Å². The van der Waals surface area contributed by atoms with Gasteiger partial charge in [0.1, 0.15) is 5.54 Å². The molecule has 0 spiro atoms. The van der Waals surface area contributed by atoms with E-state index < -0.39 is 17.1 Å². The number of aliphatic carboxylic acids is 1. The molecule has 4 N–H and O–H groups in total. The van der Waals surface area contributed by atoms with E-state index in [1.165, 1.54) is 0 Å². The minimum Gasteiger partial charge on any atom is -0.480 e. The number of carboxylic acids is 1. The average Bonchev–Trinajstić information content (AvgIpc) is 2.17. The van der Waals surface area contributed by atoms with E-state index >= 15 is 0 Å². The standard InChI is InChI=1S/C11H24N2O3/c1-10(2,16-4)8-11(3,9(14)15)13-7-5-6-12/h13H,5-8,12H2,1-4H3,(H,14,15). The van der Waals surface area contributed by atoms with E-state index in [0.29, 0.717) is 19.5 Å². The van der Waals surface area contributed by atoms with Crippen molar-refractivity contribution in [2.24, 2.45) is 5.73 Å². The van der Waals surface area contributed by atoms with E-state index in [0.717, 1.165) is 6.42 Å². The summed E-state index contributed by atoms with van der Waals surface area (Å²) in [5.74, 6) is -0.866. The number of carbonyl (C=O) groups is 1. The molecule has 0 radical (unpaired) electrons. The number of hydrogen-bond acceptors (Lipinski definition) is 4. The van der Waals surface area contributed by atoms with Crippen LogP contribution in [0.25, 0.3) is 0 Å². The van der Waals surface area contributed by atoms with Crippen molar-refractivity contribution in [3.05, 3.63) is 0 Å². The van der Waals surface area contributed by atoms with Gasteiger partial charge in [0, 0.05) is 13.5 Å². The third-order valence-electron chi connectivity index (χ3n) is 2.70. The molecule has 0 aliphatic heterocycles. The van der Waals surface area contributed by atoms with Gasteiger partial charge in [0.2, 0.25) is 0 Å². The van der Waals surface area contributed by atoms with E-state index in [4.69, 9.17) is 10.5 Å².